The van der Waals surface area contributed by atoms with E-state index in [1.165, 1.54) is 6.33 Å². The molecule has 0 aliphatic carbocycles. The second kappa shape index (κ2) is 8.31. The number of amides is 1. The number of carbonyl (C=O) groups excluding carboxylic acids is 1. The van der Waals surface area contributed by atoms with E-state index in [0.29, 0.717) is 13.0 Å². The zero-order valence-corrected chi connectivity index (χ0v) is 17.6. The molecule has 0 unspecified atom stereocenters. The van der Waals surface area contributed by atoms with Crippen LogP contribution in [0.2, 0.25) is 18.1 Å². The molecule has 1 aromatic rings. The van der Waals surface area contributed by atoms with Crippen molar-refractivity contribution in [2.45, 2.75) is 63.9 Å². The maximum Gasteiger partial charge on any atom is 0.410 e. The van der Waals surface area contributed by atoms with Gasteiger partial charge >= 0.3 is 6.09 Å². The molecule has 0 saturated carbocycles. The normalized spacial score (nSPS) is 20.9. The van der Waals surface area contributed by atoms with Gasteiger partial charge in [-0.2, -0.15) is 0 Å². The fourth-order valence-corrected chi connectivity index (χ4v) is 4.25. The summed E-state index contributed by atoms with van der Waals surface area (Å²) in [6.45, 7) is 15.5. The third-order valence-electron chi connectivity index (χ3n) is 5.29. The highest BCUT2D eigenvalue weighted by molar-refractivity contribution is 6.74. The van der Waals surface area contributed by atoms with Crippen molar-refractivity contribution in [3.05, 3.63) is 36.9 Å². The second-order valence-corrected chi connectivity index (χ2v) is 13.1. The Balaban J connectivity index is 2.12. The molecule has 1 amide bonds. The molecule has 1 aliphatic heterocycles. The fraction of sp³-hybridized carbons (Fsp3) is 0.632. The molecule has 144 valence electrons. The molecule has 2 atom stereocenters. The predicted octanol–water partition coefficient (Wildman–Crippen LogP) is 3.81. The van der Waals surface area contributed by atoms with Crippen LogP contribution in [0.25, 0.3) is 0 Å². The van der Waals surface area contributed by atoms with Crippen molar-refractivity contribution in [3.63, 3.8) is 0 Å². The Morgan fingerprint density at radius 2 is 2.04 bits per heavy atom. The van der Waals surface area contributed by atoms with Gasteiger partial charge < -0.3 is 14.1 Å². The summed E-state index contributed by atoms with van der Waals surface area (Å²) in [5, 5.41) is 0.131. The first kappa shape index (κ1) is 20.6. The number of likely N-dealkylation sites (tertiary alicyclic amines) is 1. The van der Waals surface area contributed by atoms with Crippen LogP contribution in [0.4, 0.5) is 4.79 Å². The van der Waals surface area contributed by atoms with Crippen LogP contribution in [0.1, 0.15) is 32.8 Å². The highest BCUT2D eigenvalue weighted by Gasteiger charge is 2.43. The molecule has 0 spiro atoms. The van der Waals surface area contributed by atoms with Crippen molar-refractivity contribution < 1.29 is 14.0 Å². The smallest absolute Gasteiger partial charge is 0.410 e. The molecule has 0 N–H and O–H groups in total. The molecule has 1 aliphatic rings. The zero-order chi connectivity index (χ0) is 19.4. The lowest BCUT2D eigenvalue weighted by molar-refractivity contribution is 0.103. The van der Waals surface area contributed by atoms with E-state index in [2.05, 4.69) is 50.4 Å². The average molecular weight is 378 g/mol. The average Bonchev–Trinajstić information content (AvgIpc) is 2.94. The van der Waals surface area contributed by atoms with Crippen molar-refractivity contribution >= 4 is 14.4 Å². The van der Waals surface area contributed by atoms with Gasteiger partial charge in [0, 0.05) is 25.0 Å². The van der Waals surface area contributed by atoms with E-state index >= 15 is 0 Å². The van der Waals surface area contributed by atoms with E-state index in [1.54, 1.807) is 23.4 Å². The molecule has 26 heavy (non-hydrogen) atoms. The van der Waals surface area contributed by atoms with Gasteiger partial charge in [0.05, 0.1) is 6.10 Å². The SMILES string of the molecule is C=CCOC(=O)N1C[C@H](O[Si](C)(C)C(C)(C)C)C[C@H]1Cc1cncnc1. The van der Waals surface area contributed by atoms with Crippen LogP contribution in [0, 0.1) is 0 Å². The largest absolute Gasteiger partial charge is 0.445 e. The van der Waals surface area contributed by atoms with E-state index in [0.717, 1.165) is 12.0 Å². The van der Waals surface area contributed by atoms with Crippen molar-refractivity contribution in [3.8, 4) is 0 Å². The van der Waals surface area contributed by atoms with Gasteiger partial charge in [0.15, 0.2) is 8.32 Å². The molecule has 6 nitrogen and oxygen atoms in total. The lowest BCUT2D eigenvalue weighted by Gasteiger charge is -2.38. The van der Waals surface area contributed by atoms with Crippen LogP contribution in [0.3, 0.4) is 0 Å². The molecular weight excluding hydrogens is 346 g/mol. The van der Waals surface area contributed by atoms with Gasteiger partial charge in [0.25, 0.3) is 0 Å². The molecule has 0 radical (unpaired) electrons. The second-order valence-electron chi connectivity index (χ2n) is 8.36. The van der Waals surface area contributed by atoms with Crippen LogP contribution in [0.5, 0.6) is 0 Å². The van der Waals surface area contributed by atoms with Crippen molar-refractivity contribution in [2.75, 3.05) is 13.2 Å². The van der Waals surface area contributed by atoms with Gasteiger partial charge in [0.1, 0.15) is 12.9 Å². The summed E-state index contributed by atoms with van der Waals surface area (Å²) in [6, 6.07) is 0.0214. The van der Waals surface area contributed by atoms with Crippen LogP contribution >= 0.6 is 0 Å². The van der Waals surface area contributed by atoms with Crippen molar-refractivity contribution in [1.29, 1.82) is 0 Å². The Kier molecular flexibility index (Phi) is 6.57. The molecule has 2 rings (SSSR count). The Bertz CT molecular complexity index is 616. The lowest BCUT2D eigenvalue weighted by Crippen LogP contribution is -2.44. The number of carbonyl (C=O) groups is 1. The van der Waals surface area contributed by atoms with Gasteiger partial charge in [-0.1, -0.05) is 33.4 Å². The van der Waals surface area contributed by atoms with E-state index in [-0.39, 0.29) is 29.9 Å². The first-order chi connectivity index (χ1) is 12.1. The van der Waals surface area contributed by atoms with Gasteiger partial charge in [-0.3, -0.25) is 0 Å². The first-order valence-corrected chi connectivity index (χ1v) is 12.0. The van der Waals surface area contributed by atoms with Gasteiger partial charge in [0.2, 0.25) is 0 Å². The minimum atomic E-state index is -1.90. The molecule has 0 bridgehead atoms. The third kappa shape index (κ3) is 5.14. The maximum absolute atomic E-state index is 12.5. The third-order valence-corrected chi connectivity index (χ3v) is 9.82. The minimum Gasteiger partial charge on any atom is -0.445 e. The van der Waals surface area contributed by atoms with Gasteiger partial charge in [-0.25, -0.2) is 14.8 Å². The number of aromatic nitrogens is 2. The summed E-state index contributed by atoms with van der Waals surface area (Å²) < 4.78 is 11.8. The van der Waals surface area contributed by atoms with E-state index < -0.39 is 8.32 Å². The highest BCUT2D eigenvalue weighted by atomic mass is 28.4. The Hall–Kier alpha value is -1.73. The lowest BCUT2D eigenvalue weighted by atomic mass is 10.1. The van der Waals surface area contributed by atoms with Crippen LogP contribution < -0.4 is 0 Å². The molecular formula is C19H31N3O3Si. The van der Waals surface area contributed by atoms with Gasteiger partial charge in [-0.15, -0.1) is 0 Å². The van der Waals surface area contributed by atoms with Crippen LogP contribution in [-0.4, -0.2) is 54.6 Å². The predicted molar refractivity (Wildman–Crippen MR) is 104 cm³/mol. The number of rotatable bonds is 6. The molecule has 7 heteroatoms. The Morgan fingerprint density at radius 1 is 1.38 bits per heavy atom. The number of ether oxygens (including phenoxy) is 1. The Labute approximate surface area is 157 Å². The van der Waals surface area contributed by atoms with Crippen molar-refractivity contribution in [1.82, 2.24) is 14.9 Å². The molecule has 1 aromatic heterocycles. The Morgan fingerprint density at radius 3 is 2.62 bits per heavy atom. The number of hydrogen-bond acceptors (Lipinski definition) is 5. The topological polar surface area (TPSA) is 64.5 Å². The summed E-state index contributed by atoms with van der Waals surface area (Å²) in [5.74, 6) is 0. The summed E-state index contributed by atoms with van der Waals surface area (Å²) in [4.78, 5) is 22.4. The standard InChI is InChI=1S/C19H31N3O3Si/c1-7-8-24-18(23)22-13-17(25-26(5,6)19(2,3)4)10-16(22)9-15-11-20-14-21-12-15/h7,11-12,14,16-17H,1,8-10,13H2,2-6H3/t16-,17-/m1/s1. The summed E-state index contributed by atoms with van der Waals surface area (Å²) in [6.07, 6.45) is 7.89. The molecule has 2 heterocycles. The maximum atomic E-state index is 12.5. The van der Waals surface area contributed by atoms with Crippen molar-refractivity contribution in [2.24, 2.45) is 0 Å². The first-order valence-electron chi connectivity index (χ1n) is 9.10. The quantitative estimate of drug-likeness (QED) is 0.557. The van der Waals surface area contributed by atoms with Crippen LogP contribution in [-0.2, 0) is 15.6 Å². The minimum absolute atomic E-state index is 0.0214. The van der Waals surface area contributed by atoms with Crippen LogP contribution in [0.15, 0.2) is 31.4 Å². The highest BCUT2D eigenvalue weighted by Crippen LogP contribution is 2.39. The number of nitrogens with zero attached hydrogens (tertiary/aromatic N) is 3. The summed E-state index contributed by atoms with van der Waals surface area (Å²) >= 11 is 0. The molecule has 1 saturated heterocycles. The summed E-state index contributed by atoms with van der Waals surface area (Å²) in [7, 11) is -1.90. The molecule has 0 aromatic carbocycles. The van der Waals surface area contributed by atoms with E-state index in [9.17, 15) is 4.79 Å². The zero-order valence-electron chi connectivity index (χ0n) is 16.6. The summed E-state index contributed by atoms with van der Waals surface area (Å²) in [5.41, 5.74) is 1.01. The van der Waals surface area contributed by atoms with E-state index in [4.69, 9.17) is 9.16 Å². The van der Waals surface area contributed by atoms with Gasteiger partial charge in [-0.05, 0) is 36.5 Å². The van der Waals surface area contributed by atoms with E-state index in [1.807, 2.05) is 0 Å². The molecule has 1 fully saturated rings. The monoisotopic (exact) mass is 377 g/mol. The fourth-order valence-electron chi connectivity index (χ4n) is 2.89. The number of hydrogen-bond donors (Lipinski definition) is 0.